The highest BCUT2D eigenvalue weighted by Gasteiger charge is 2.15. The van der Waals surface area contributed by atoms with Crippen molar-refractivity contribution in [1.29, 1.82) is 0 Å². The van der Waals surface area contributed by atoms with Gasteiger partial charge in [-0.1, -0.05) is 96.5 Å². The second-order valence-electron chi connectivity index (χ2n) is 17.0. The number of imidazole rings is 2. The summed E-state index contributed by atoms with van der Waals surface area (Å²) in [5, 5.41) is 15.0. The number of nitrogens with zero attached hydrogens (tertiary/aromatic N) is 8. The Morgan fingerprint density at radius 3 is 1.63 bits per heavy atom. The minimum atomic E-state index is 0.686. The predicted octanol–water partition coefficient (Wildman–Crippen LogP) is 11.9. The van der Waals surface area contributed by atoms with Gasteiger partial charge in [-0.15, -0.1) is 0 Å². The van der Waals surface area contributed by atoms with Crippen molar-refractivity contribution in [2.75, 3.05) is 60.9 Å². The highest BCUT2D eigenvalue weighted by atomic mass is 32.1. The molecule has 8 N–H and O–H groups in total. The molecule has 0 unspecified atom stereocenters. The number of aromatic nitrogens is 6. The van der Waals surface area contributed by atoms with E-state index < -0.39 is 0 Å². The molecular formula is C54H54N14S2. The molecule has 0 radical (unpaired) electrons. The van der Waals surface area contributed by atoms with Crippen molar-refractivity contribution in [3.63, 3.8) is 0 Å². The van der Waals surface area contributed by atoms with Crippen LogP contribution in [-0.4, -0.2) is 66.7 Å². The van der Waals surface area contributed by atoms with E-state index in [-0.39, 0.29) is 0 Å². The van der Waals surface area contributed by atoms with Gasteiger partial charge in [0, 0.05) is 65.7 Å². The molecular weight excluding hydrogens is 909 g/mol. The summed E-state index contributed by atoms with van der Waals surface area (Å²) in [6, 6.07) is 41.8. The quantitative estimate of drug-likeness (QED) is 0.0508. The smallest absolute Gasteiger partial charge is 0.187 e. The normalized spacial score (nSPS) is 11.2. The Morgan fingerprint density at radius 2 is 1.09 bits per heavy atom. The standard InChI is InChI=1S/2C27H27N7S/c1-18(31-23-9-5-4-8-22(23)28)19-10-12-21(13-11-19)32-27-30-16-25(35-27)24-15-29-26-20(17-33(2)3)7-6-14-34(24)26;1-18(31-23-9-5-4-8-22(23)28)19-11-13-20(14-12-19)32-27-30-16-25(35-27)24-15-29-26-10-6-7-21(34(24)26)17-33(2)3/h2*4-16,31H,1,17,28H2,2-3H3,(H,30,32). The van der Waals surface area contributed by atoms with Crippen molar-refractivity contribution < 1.29 is 0 Å². The molecule has 0 aliphatic rings. The molecule has 0 aliphatic heterocycles. The van der Waals surface area contributed by atoms with E-state index >= 15 is 0 Å². The first kappa shape index (κ1) is 46.8. The van der Waals surface area contributed by atoms with Crippen molar-refractivity contribution in [3.05, 3.63) is 194 Å². The lowest BCUT2D eigenvalue weighted by molar-refractivity contribution is 0.395. The van der Waals surface area contributed by atoms with Crippen molar-refractivity contribution in [2.24, 2.45) is 0 Å². The third kappa shape index (κ3) is 10.9. The van der Waals surface area contributed by atoms with E-state index in [4.69, 9.17) is 11.5 Å². The Kier molecular flexibility index (Phi) is 14.0. The van der Waals surface area contributed by atoms with Crippen LogP contribution in [0.3, 0.4) is 0 Å². The van der Waals surface area contributed by atoms with Crippen LogP contribution in [0.25, 0.3) is 43.8 Å². The first-order chi connectivity index (χ1) is 33.9. The number of anilines is 8. The van der Waals surface area contributed by atoms with Gasteiger partial charge in [0.25, 0.3) is 0 Å². The molecule has 6 aromatic heterocycles. The number of benzene rings is 4. The number of hydrogen-bond donors (Lipinski definition) is 6. The van der Waals surface area contributed by atoms with Gasteiger partial charge in [-0.25, -0.2) is 19.9 Å². The van der Waals surface area contributed by atoms with Gasteiger partial charge < -0.3 is 42.5 Å². The predicted molar refractivity (Wildman–Crippen MR) is 294 cm³/mol. The topological polar surface area (TPSA) is 167 Å². The van der Waals surface area contributed by atoms with Gasteiger partial charge >= 0.3 is 0 Å². The van der Waals surface area contributed by atoms with E-state index in [2.05, 4.69) is 119 Å². The number of nitrogens with one attached hydrogen (secondary N) is 4. The Hall–Kier alpha value is -8.28. The monoisotopic (exact) mass is 962 g/mol. The van der Waals surface area contributed by atoms with Crippen LogP contribution in [-0.2, 0) is 13.1 Å². The summed E-state index contributed by atoms with van der Waals surface area (Å²) in [5.74, 6) is 0. The number of para-hydroxylation sites is 4. The zero-order valence-electron chi connectivity index (χ0n) is 39.4. The molecule has 0 saturated carbocycles. The summed E-state index contributed by atoms with van der Waals surface area (Å²) >= 11 is 3.20. The van der Waals surface area contributed by atoms with Gasteiger partial charge in [0.2, 0.25) is 0 Å². The molecule has 0 aliphatic carbocycles. The van der Waals surface area contributed by atoms with Gasteiger partial charge in [0.15, 0.2) is 10.3 Å². The first-order valence-corrected chi connectivity index (χ1v) is 24.1. The molecule has 352 valence electrons. The highest BCUT2D eigenvalue weighted by Crippen LogP contribution is 2.34. The van der Waals surface area contributed by atoms with E-state index in [0.717, 1.165) is 101 Å². The Bertz CT molecular complexity index is 3420. The average Bonchev–Trinajstić information content (AvgIpc) is 4.19. The highest BCUT2D eigenvalue weighted by molar-refractivity contribution is 7.19. The summed E-state index contributed by atoms with van der Waals surface area (Å²) in [5.41, 5.74) is 26.9. The molecule has 14 nitrogen and oxygen atoms in total. The Morgan fingerprint density at radius 1 is 0.557 bits per heavy atom. The zero-order valence-corrected chi connectivity index (χ0v) is 41.0. The van der Waals surface area contributed by atoms with E-state index in [1.807, 2.05) is 140 Å². The average molecular weight is 963 g/mol. The third-order valence-corrected chi connectivity index (χ3v) is 13.0. The summed E-state index contributed by atoms with van der Waals surface area (Å²) in [6.07, 6.45) is 9.66. The maximum atomic E-state index is 6.03. The van der Waals surface area contributed by atoms with Gasteiger partial charge in [-0.2, -0.15) is 0 Å². The van der Waals surface area contributed by atoms with Crippen molar-refractivity contribution in [3.8, 4) is 21.1 Å². The minimum Gasteiger partial charge on any atom is -0.397 e. The van der Waals surface area contributed by atoms with Crippen molar-refractivity contribution in [2.45, 2.75) is 13.1 Å². The number of thiazole rings is 2. The van der Waals surface area contributed by atoms with E-state index in [9.17, 15) is 0 Å². The molecule has 16 heteroatoms. The fraction of sp³-hybridized carbons (Fsp3) is 0.111. The van der Waals surface area contributed by atoms with Crippen LogP contribution in [0.2, 0.25) is 0 Å². The van der Waals surface area contributed by atoms with Crippen LogP contribution in [0.5, 0.6) is 0 Å². The van der Waals surface area contributed by atoms with Crippen LogP contribution >= 0.6 is 22.7 Å². The van der Waals surface area contributed by atoms with Gasteiger partial charge in [0.05, 0.1) is 56.3 Å². The van der Waals surface area contributed by atoms with Crippen LogP contribution in [0.15, 0.2) is 172 Å². The fourth-order valence-corrected chi connectivity index (χ4v) is 9.47. The van der Waals surface area contributed by atoms with Crippen molar-refractivity contribution >= 4 is 89.7 Å². The summed E-state index contributed by atoms with van der Waals surface area (Å²) in [4.78, 5) is 24.9. The van der Waals surface area contributed by atoms with Crippen LogP contribution in [0, 0.1) is 0 Å². The number of fused-ring (bicyclic) bond motifs is 2. The number of hydrogen-bond acceptors (Lipinski definition) is 14. The number of pyridine rings is 2. The second-order valence-corrected chi connectivity index (χ2v) is 19.1. The molecule has 0 fully saturated rings. The molecule has 10 rings (SSSR count). The maximum absolute atomic E-state index is 6.03. The molecule has 0 spiro atoms. The lowest BCUT2D eigenvalue weighted by Gasteiger charge is -2.13. The summed E-state index contributed by atoms with van der Waals surface area (Å²) in [6.45, 7) is 9.96. The number of rotatable bonds is 16. The van der Waals surface area contributed by atoms with E-state index in [1.165, 1.54) is 11.3 Å². The molecule has 0 bridgehead atoms. The molecule has 0 amide bonds. The summed E-state index contributed by atoms with van der Waals surface area (Å²) < 4.78 is 4.33. The molecule has 10 aromatic rings. The van der Waals surface area contributed by atoms with Crippen LogP contribution in [0.4, 0.5) is 44.4 Å². The lowest BCUT2D eigenvalue weighted by atomic mass is 10.1. The van der Waals surface area contributed by atoms with E-state index in [0.29, 0.717) is 11.4 Å². The Labute approximate surface area is 415 Å². The number of nitrogens with two attached hydrogens (primary N) is 2. The molecule has 4 aromatic carbocycles. The maximum Gasteiger partial charge on any atom is 0.187 e. The first-order valence-electron chi connectivity index (χ1n) is 22.4. The van der Waals surface area contributed by atoms with Crippen LogP contribution in [0.1, 0.15) is 22.4 Å². The van der Waals surface area contributed by atoms with E-state index in [1.54, 1.807) is 22.7 Å². The lowest BCUT2D eigenvalue weighted by Crippen LogP contribution is -2.13. The number of nitrogen functional groups attached to an aromatic ring is 2. The molecule has 0 atom stereocenters. The van der Waals surface area contributed by atoms with Gasteiger partial charge in [0.1, 0.15) is 11.3 Å². The van der Waals surface area contributed by atoms with Gasteiger partial charge in [-0.05, 0) is 106 Å². The second kappa shape index (κ2) is 20.9. The fourth-order valence-electron chi connectivity index (χ4n) is 7.79. The van der Waals surface area contributed by atoms with Gasteiger partial charge in [-0.3, -0.25) is 8.80 Å². The SMILES string of the molecule is C=C(Nc1ccccc1N)c1ccc(Nc2ncc(-c3cnc4c(CN(C)C)cccn34)s2)cc1.C=C(Nc1ccccc1N)c1ccc(Nc2ncc(-c3cnc4cccc(CN(C)C)n34)s2)cc1. The minimum absolute atomic E-state index is 0.686. The van der Waals surface area contributed by atoms with Crippen molar-refractivity contribution in [1.82, 2.24) is 38.5 Å². The molecule has 0 saturated heterocycles. The molecule has 6 heterocycles. The molecule has 70 heavy (non-hydrogen) atoms. The zero-order chi connectivity index (χ0) is 48.7. The largest absolute Gasteiger partial charge is 0.397 e. The van der Waals surface area contributed by atoms with Crippen LogP contribution < -0.4 is 32.7 Å². The summed E-state index contributed by atoms with van der Waals surface area (Å²) in [7, 11) is 8.26. The Balaban J connectivity index is 0.000000174. The third-order valence-electron chi connectivity index (χ3n) is 11.2.